The number of carbonyl (C=O) groups is 3. The molecule has 4 amide bonds. The number of piperazine rings is 1. The van der Waals surface area contributed by atoms with Crippen LogP contribution in [0.15, 0.2) is 18.2 Å². The van der Waals surface area contributed by atoms with Crippen molar-refractivity contribution in [1.82, 2.24) is 14.7 Å². The Labute approximate surface area is 153 Å². The van der Waals surface area contributed by atoms with Crippen molar-refractivity contribution in [1.29, 1.82) is 0 Å². The summed E-state index contributed by atoms with van der Waals surface area (Å²) in [4.78, 5) is 42.7. The van der Waals surface area contributed by atoms with Crippen molar-refractivity contribution >= 4 is 23.5 Å². The van der Waals surface area contributed by atoms with Gasteiger partial charge in [-0.2, -0.15) is 0 Å². The largest absolute Gasteiger partial charge is 0.322 e. The molecule has 2 aliphatic rings. The number of hydrogen-bond acceptors (Lipinski definition) is 4. The van der Waals surface area contributed by atoms with E-state index in [0.29, 0.717) is 36.4 Å². The monoisotopic (exact) mass is 358 g/mol. The van der Waals surface area contributed by atoms with Crippen molar-refractivity contribution in [3.05, 3.63) is 29.3 Å². The number of carbonyl (C=O) groups excluding carboxylic acids is 3. The first-order valence-corrected chi connectivity index (χ1v) is 9.19. The van der Waals surface area contributed by atoms with E-state index in [1.165, 1.54) is 4.90 Å². The third-order valence-corrected chi connectivity index (χ3v) is 4.88. The van der Waals surface area contributed by atoms with Gasteiger partial charge in [-0.15, -0.1) is 0 Å². The topological polar surface area (TPSA) is 73.0 Å². The average Bonchev–Trinajstić information content (AvgIpc) is 2.86. The fourth-order valence-corrected chi connectivity index (χ4v) is 3.37. The second kappa shape index (κ2) is 7.45. The predicted octanol–water partition coefficient (Wildman–Crippen LogP) is 2.11. The van der Waals surface area contributed by atoms with E-state index in [9.17, 15) is 14.4 Å². The minimum atomic E-state index is -0.286. The Balaban J connectivity index is 1.69. The fraction of sp³-hybridized carbons (Fsp3) is 0.526. The van der Waals surface area contributed by atoms with Gasteiger partial charge < -0.3 is 15.1 Å². The molecule has 0 radical (unpaired) electrons. The number of rotatable bonds is 4. The van der Waals surface area contributed by atoms with E-state index in [4.69, 9.17) is 0 Å². The van der Waals surface area contributed by atoms with Crippen LogP contribution in [0.2, 0.25) is 0 Å². The molecule has 0 atom stereocenters. The van der Waals surface area contributed by atoms with Crippen LogP contribution in [0.3, 0.4) is 0 Å². The molecule has 2 heterocycles. The Bertz CT molecular complexity index is 723. The lowest BCUT2D eigenvalue weighted by molar-refractivity contribution is 0.0636. The molecule has 0 bridgehead atoms. The van der Waals surface area contributed by atoms with Gasteiger partial charge in [0.2, 0.25) is 0 Å². The van der Waals surface area contributed by atoms with E-state index in [1.807, 2.05) is 13.8 Å². The number of nitrogens with zero attached hydrogens (tertiary/aromatic N) is 3. The Morgan fingerprint density at radius 1 is 1.08 bits per heavy atom. The highest BCUT2D eigenvalue weighted by Gasteiger charge is 2.36. The number of amides is 4. The third kappa shape index (κ3) is 3.58. The molecule has 1 aromatic rings. The molecule has 2 aliphatic heterocycles. The number of likely N-dealkylation sites (N-methyl/N-ethyl adjacent to an activating group) is 1. The quantitative estimate of drug-likeness (QED) is 0.837. The zero-order valence-corrected chi connectivity index (χ0v) is 15.6. The summed E-state index contributed by atoms with van der Waals surface area (Å²) in [5.74, 6) is -0.336. The first-order chi connectivity index (χ1) is 12.4. The molecule has 0 aromatic heterocycles. The summed E-state index contributed by atoms with van der Waals surface area (Å²) in [6.07, 6.45) is 0. The minimum absolute atomic E-state index is 0.170. The smallest absolute Gasteiger partial charge is 0.321 e. The summed E-state index contributed by atoms with van der Waals surface area (Å²) >= 11 is 0. The van der Waals surface area contributed by atoms with Crippen LogP contribution in [0.5, 0.6) is 0 Å². The molecule has 1 fully saturated rings. The van der Waals surface area contributed by atoms with Crippen LogP contribution >= 0.6 is 0 Å². The first kappa shape index (κ1) is 18.4. The highest BCUT2D eigenvalue weighted by atomic mass is 16.2. The molecule has 0 aliphatic carbocycles. The molecule has 0 saturated carbocycles. The van der Waals surface area contributed by atoms with Crippen molar-refractivity contribution in [3.8, 4) is 0 Å². The van der Waals surface area contributed by atoms with Gasteiger partial charge in [0.15, 0.2) is 0 Å². The maximum atomic E-state index is 12.5. The summed E-state index contributed by atoms with van der Waals surface area (Å²) in [5.41, 5.74) is 1.31. The lowest BCUT2D eigenvalue weighted by Gasteiger charge is -2.34. The van der Waals surface area contributed by atoms with Crippen molar-refractivity contribution in [2.24, 2.45) is 5.92 Å². The van der Waals surface area contributed by atoms with Crippen molar-refractivity contribution in [2.75, 3.05) is 44.6 Å². The summed E-state index contributed by atoms with van der Waals surface area (Å²) in [5, 5.41) is 2.85. The van der Waals surface area contributed by atoms with Gasteiger partial charge >= 0.3 is 6.03 Å². The van der Waals surface area contributed by atoms with Crippen LogP contribution in [-0.2, 0) is 0 Å². The van der Waals surface area contributed by atoms with E-state index in [2.05, 4.69) is 17.1 Å². The zero-order chi connectivity index (χ0) is 18.8. The molecule has 7 nitrogen and oxygen atoms in total. The summed E-state index contributed by atoms with van der Waals surface area (Å²) in [6, 6.07) is 4.75. The number of hydrogen-bond donors (Lipinski definition) is 1. The number of anilines is 1. The number of benzene rings is 1. The molecule has 1 saturated heterocycles. The van der Waals surface area contributed by atoms with Gasteiger partial charge in [-0.1, -0.05) is 20.8 Å². The molecule has 0 spiro atoms. The van der Waals surface area contributed by atoms with E-state index < -0.39 is 0 Å². The Morgan fingerprint density at radius 3 is 2.35 bits per heavy atom. The van der Waals surface area contributed by atoms with Gasteiger partial charge in [-0.25, -0.2) is 4.79 Å². The molecule has 26 heavy (non-hydrogen) atoms. The predicted molar refractivity (Wildman–Crippen MR) is 99.4 cm³/mol. The molecular weight excluding hydrogens is 332 g/mol. The minimum Gasteiger partial charge on any atom is -0.322 e. The van der Waals surface area contributed by atoms with Crippen LogP contribution < -0.4 is 5.32 Å². The third-order valence-electron chi connectivity index (χ3n) is 4.88. The lowest BCUT2D eigenvalue weighted by Crippen LogP contribution is -2.49. The van der Waals surface area contributed by atoms with Gasteiger partial charge in [0.05, 0.1) is 11.1 Å². The van der Waals surface area contributed by atoms with E-state index in [-0.39, 0.29) is 23.8 Å². The summed E-state index contributed by atoms with van der Waals surface area (Å²) in [6.45, 7) is 10.5. The van der Waals surface area contributed by atoms with Crippen LogP contribution in [-0.4, -0.2) is 71.8 Å². The van der Waals surface area contributed by atoms with Crippen LogP contribution in [0.4, 0.5) is 10.5 Å². The second-order valence-corrected chi connectivity index (χ2v) is 7.23. The lowest BCUT2D eigenvalue weighted by atomic mass is 10.1. The molecule has 3 rings (SSSR count). The van der Waals surface area contributed by atoms with E-state index in [0.717, 1.165) is 19.6 Å². The molecule has 140 valence electrons. The van der Waals surface area contributed by atoms with Crippen LogP contribution in [0, 0.1) is 5.92 Å². The summed E-state index contributed by atoms with van der Waals surface area (Å²) in [7, 11) is 0. The highest BCUT2D eigenvalue weighted by molar-refractivity contribution is 6.21. The SMILES string of the molecule is CCN1CCN(C(=O)Nc2ccc3c(c2)C(=O)N(CC(C)C)C3=O)CC1. The number of nitrogens with one attached hydrogen (secondary N) is 1. The molecule has 1 N–H and O–H groups in total. The van der Waals surface area contributed by atoms with Crippen molar-refractivity contribution in [2.45, 2.75) is 20.8 Å². The van der Waals surface area contributed by atoms with Crippen molar-refractivity contribution < 1.29 is 14.4 Å². The molecular formula is C19H26N4O3. The Morgan fingerprint density at radius 2 is 1.73 bits per heavy atom. The number of urea groups is 1. The standard InChI is InChI=1S/C19H26N4O3/c1-4-21-7-9-22(10-8-21)19(26)20-14-5-6-15-16(11-14)18(25)23(17(15)24)12-13(2)3/h5-6,11,13H,4,7-10,12H2,1-3H3,(H,20,26). The zero-order valence-electron chi connectivity index (χ0n) is 15.6. The van der Waals surface area contributed by atoms with Gasteiger partial charge in [0.1, 0.15) is 0 Å². The highest BCUT2D eigenvalue weighted by Crippen LogP contribution is 2.26. The maximum Gasteiger partial charge on any atom is 0.321 e. The average molecular weight is 358 g/mol. The van der Waals surface area contributed by atoms with Gasteiger partial charge in [0, 0.05) is 38.4 Å². The normalized spacial score (nSPS) is 17.8. The van der Waals surface area contributed by atoms with Gasteiger partial charge in [0.25, 0.3) is 11.8 Å². The first-order valence-electron chi connectivity index (χ1n) is 9.19. The fourth-order valence-electron chi connectivity index (χ4n) is 3.37. The molecule has 1 aromatic carbocycles. The van der Waals surface area contributed by atoms with E-state index >= 15 is 0 Å². The summed E-state index contributed by atoms with van der Waals surface area (Å²) < 4.78 is 0. The second-order valence-electron chi connectivity index (χ2n) is 7.23. The van der Waals surface area contributed by atoms with E-state index in [1.54, 1.807) is 23.1 Å². The van der Waals surface area contributed by atoms with Gasteiger partial charge in [-0.3, -0.25) is 14.5 Å². The van der Waals surface area contributed by atoms with Gasteiger partial charge in [-0.05, 0) is 30.7 Å². The van der Waals surface area contributed by atoms with Crippen LogP contribution in [0.1, 0.15) is 41.5 Å². The van der Waals surface area contributed by atoms with Crippen LogP contribution in [0.25, 0.3) is 0 Å². The molecule has 7 heteroatoms. The number of fused-ring (bicyclic) bond motifs is 1. The Hall–Kier alpha value is -2.41. The Kier molecular flexibility index (Phi) is 5.27. The number of imide groups is 1. The maximum absolute atomic E-state index is 12.5. The molecule has 0 unspecified atom stereocenters. The van der Waals surface area contributed by atoms with Crippen molar-refractivity contribution in [3.63, 3.8) is 0 Å².